The van der Waals surface area contributed by atoms with Gasteiger partial charge in [0, 0.05) is 18.0 Å². The number of carbonyl (C=O) groups is 1. The van der Waals surface area contributed by atoms with Gasteiger partial charge in [-0.25, -0.2) is 13.6 Å². The van der Waals surface area contributed by atoms with E-state index in [-0.39, 0.29) is 18.0 Å². The molecule has 0 saturated carbocycles. The van der Waals surface area contributed by atoms with E-state index in [4.69, 9.17) is 17.3 Å². The van der Waals surface area contributed by atoms with Gasteiger partial charge in [-0.15, -0.1) is 0 Å². The highest BCUT2D eigenvalue weighted by Crippen LogP contribution is 2.28. The van der Waals surface area contributed by atoms with Crippen LogP contribution in [0.4, 0.5) is 13.6 Å². The van der Waals surface area contributed by atoms with Crippen LogP contribution < -0.4 is 10.6 Å². The molecular weight excluding hydrogens is 286 g/mol. The quantitative estimate of drug-likeness (QED) is 0.734. The lowest BCUT2D eigenvalue weighted by Gasteiger charge is -2.16. The Bertz CT molecular complexity index is 519. The highest BCUT2D eigenvalue weighted by atomic mass is 32.1. The number of hydrogen-bond acceptors (Lipinski definition) is 2. The highest BCUT2D eigenvalue weighted by molar-refractivity contribution is 7.80. The van der Waals surface area contributed by atoms with E-state index >= 15 is 0 Å². The van der Waals surface area contributed by atoms with Crippen LogP contribution in [-0.4, -0.2) is 28.8 Å². The molecule has 108 valence electrons. The van der Waals surface area contributed by atoms with Crippen molar-refractivity contribution in [2.24, 2.45) is 0 Å². The van der Waals surface area contributed by atoms with E-state index in [2.05, 4.69) is 10.6 Å². The van der Waals surface area contributed by atoms with Crippen molar-refractivity contribution in [2.75, 3.05) is 6.54 Å². The molecule has 20 heavy (non-hydrogen) atoms. The highest BCUT2D eigenvalue weighted by Gasteiger charge is 2.27. The normalized spacial score (nSPS) is 22.8. The van der Waals surface area contributed by atoms with E-state index in [1.807, 2.05) is 0 Å². The number of hydrogen-bond donors (Lipinski definition) is 3. The van der Waals surface area contributed by atoms with Crippen LogP contribution >= 0.6 is 12.2 Å². The molecule has 1 aliphatic heterocycles. The van der Waals surface area contributed by atoms with Crippen molar-refractivity contribution in [1.29, 1.82) is 0 Å². The van der Waals surface area contributed by atoms with Gasteiger partial charge in [0.1, 0.15) is 11.6 Å². The Kier molecular flexibility index (Phi) is 4.49. The minimum Gasteiger partial charge on any atom is -0.465 e. The van der Waals surface area contributed by atoms with Gasteiger partial charge < -0.3 is 15.7 Å². The molecule has 1 aromatic rings. The maximum Gasteiger partial charge on any atom is 0.405 e. The first-order valence-corrected chi connectivity index (χ1v) is 6.61. The second-order valence-corrected chi connectivity index (χ2v) is 5.10. The van der Waals surface area contributed by atoms with Crippen LogP contribution in [0, 0.1) is 11.6 Å². The SMILES string of the molecule is O=C(O)N[C@@H]1CC[C@@H](c2c(F)cccc2F)CNC1=S. The maximum absolute atomic E-state index is 13.8. The minimum atomic E-state index is -1.17. The fourth-order valence-corrected chi connectivity index (χ4v) is 2.64. The minimum absolute atomic E-state index is 0.0266. The van der Waals surface area contributed by atoms with E-state index in [1.165, 1.54) is 18.2 Å². The van der Waals surface area contributed by atoms with Gasteiger partial charge in [0.15, 0.2) is 0 Å². The molecule has 1 fully saturated rings. The summed E-state index contributed by atoms with van der Waals surface area (Å²) in [6, 6.07) is 3.23. The zero-order valence-corrected chi connectivity index (χ0v) is 11.3. The molecule has 4 nitrogen and oxygen atoms in total. The second kappa shape index (κ2) is 6.13. The van der Waals surface area contributed by atoms with Crippen molar-refractivity contribution in [3.63, 3.8) is 0 Å². The monoisotopic (exact) mass is 300 g/mol. The van der Waals surface area contributed by atoms with Crippen molar-refractivity contribution < 1.29 is 18.7 Å². The lowest BCUT2D eigenvalue weighted by molar-refractivity contribution is 0.192. The van der Waals surface area contributed by atoms with Crippen LogP contribution in [0.3, 0.4) is 0 Å². The van der Waals surface area contributed by atoms with E-state index in [0.717, 1.165) is 0 Å². The third kappa shape index (κ3) is 3.22. The largest absolute Gasteiger partial charge is 0.465 e. The molecular formula is C13H14F2N2O2S. The Morgan fingerprint density at radius 3 is 2.60 bits per heavy atom. The summed E-state index contributed by atoms with van der Waals surface area (Å²) < 4.78 is 27.5. The number of nitrogens with one attached hydrogen (secondary N) is 2. The molecule has 0 aromatic heterocycles. The van der Waals surface area contributed by atoms with Crippen molar-refractivity contribution in [2.45, 2.75) is 24.8 Å². The topological polar surface area (TPSA) is 61.4 Å². The van der Waals surface area contributed by atoms with Crippen LogP contribution in [0.1, 0.15) is 24.3 Å². The van der Waals surface area contributed by atoms with Crippen LogP contribution in [0.25, 0.3) is 0 Å². The van der Waals surface area contributed by atoms with Crippen molar-refractivity contribution in [1.82, 2.24) is 10.6 Å². The number of benzene rings is 1. The second-order valence-electron chi connectivity index (χ2n) is 4.66. The van der Waals surface area contributed by atoms with Crippen molar-refractivity contribution >= 4 is 23.3 Å². The molecule has 1 amide bonds. The number of thiocarbonyl (C=S) groups is 1. The van der Waals surface area contributed by atoms with Gasteiger partial charge in [-0.1, -0.05) is 18.3 Å². The third-order valence-electron chi connectivity index (χ3n) is 3.35. The average molecular weight is 300 g/mol. The van der Waals surface area contributed by atoms with Gasteiger partial charge in [-0.05, 0) is 25.0 Å². The first kappa shape index (κ1) is 14.6. The molecule has 7 heteroatoms. The van der Waals surface area contributed by atoms with E-state index in [9.17, 15) is 13.6 Å². The summed E-state index contributed by atoms with van der Waals surface area (Å²) >= 11 is 5.08. The molecule has 0 spiro atoms. The van der Waals surface area contributed by atoms with E-state index < -0.39 is 23.8 Å². The summed E-state index contributed by atoms with van der Waals surface area (Å²) in [6.07, 6.45) is -0.332. The Hall–Kier alpha value is -1.76. The summed E-state index contributed by atoms with van der Waals surface area (Å²) in [5.41, 5.74) is 0.0266. The summed E-state index contributed by atoms with van der Waals surface area (Å²) in [4.78, 5) is 11.0. The van der Waals surface area contributed by atoms with Gasteiger partial charge >= 0.3 is 6.09 Å². The molecule has 2 atom stereocenters. The first-order chi connectivity index (χ1) is 9.49. The third-order valence-corrected chi connectivity index (χ3v) is 3.78. The van der Waals surface area contributed by atoms with Crippen LogP contribution in [0.2, 0.25) is 0 Å². The van der Waals surface area contributed by atoms with E-state index in [0.29, 0.717) is 17.8 Å². The van der Waals surface area contributed by atoms with Gasteiger partial charge in [0.05, 0.1) is 11.0 Å². The zero-order chi connectivity index (χ0) is 14.7. The fraction of sp³-hybridized carbons (Fsp3) is 0.385. The van der Waals surface area contributed by atoms with Crippen LogP contribution in [-0.2, 0) is 0 Å². The molecule has 1 aliphatic rings. The van der Waals surface area contributed by atoms with Gasteiger partial charge in [-0.3, -0.25) is 0 Å². The summed E-state index contributed by atoms with van der Waals surface area (Å²) in [5, 5.41) is 13.9. The summed E-state index contributed by atoms with van der Waals surface area (Å²) in [5.74, 6) is -1.56. The Morgan fingerprint density at radius 2 is 2.00 bits per heavy atom. The van der Waals surface area contributed by atoms with Gasteiger partial charge in [-0.2, -0.15) is 0 Å². The molecule has 0 unspecified atom stereocenters. The predicted molar refractivity (Wildman–Crippen MR) is 73.9 cm³/mol. The molecule has 1 heterocycles. The molecule has 2 rings (SSSR count). The smallest absolute Gasteiger partial charge is 0.405 e. The Labute approximate surface area is 120 Å². The molecule has 3 N–H and O–H groups in total. The first-order valence-electron chi connectivity index (χ1n) is 6.20. The number of halogens is 2. The molecule has 0 bridgehead atoms. The molecule has 1 saturated heterocycles. The van der Waals surface area contributed by atoms with Gasteiger partial charge in [0.2, 0.25) is 0 Å². The van der Waals surface area contributed by atoms with Crippen LogP contribution in [0.15, 0.2) is 18.2 Å². The standard InChI is InChI=1S/C13H14F2N2O2S/c14-8-2-1-3-9(15)11(8)7-4-5-10(17-13(18)19)12(20)16-6-7/h1-3,7,10,17H,4-6H2,(H,16,20)(H,18,19)/t7-,10-/m1/s1. The lowest BCUT2D eigenvalue weighted by Crippen LogP contribution is -2.43. The molecule has 1 aromatic carbocycles. The predicted octanol–water partition coefficient (Wildman–Crippen LogP) is 2.40. The lowest BCUT2D eigenvalue weighted by atomic mass is 9.93. The Balaban J connectivity index is 2.17. The number of rotatable bonds is 2. The molecule has 0 radical (unpaired) electrons. The summed E-state index contributed by atoms with van der Waals surface area (Å²) in [7, 11) is 0. The zero-order valence-electron chi connectivity index (χ0n) is 10.5. The summed E-state index contributed by atoms with van der Waals surface area (Å²) in [6.45, 7) is 0.286. The van der Waals surface area contributed by atoms with E-state index in [1.54, 1.807) is 0 Å². The molecule has 0 aliphatic carbocycles. The number of amides is 1. The Morgan fingerprint density at radius 1 is 1.35 bits per heavy atom. The van der Waals surface area contributed by atoms with Crippen molar-refractivity contribution in [3.8, 4) is 0 Å². The maximum atomic E-state index is 13.8. The number of carboxylic acid groups (broad SMARTS) is 1. The fourth-order valence-electron chi connectivity index (χ4n) is 2.38. The average Bonchev–Trinajstić information content (AvgIpc) is 2.53. The van der Waals surface area contributed by atoms with Crippen molar-refractivity contribution in [3.05, 3.63) is 35.4 Å². The van der Waals surface area contributed by atoms with Crippen LogP contribution in [0.5, 0.6) is 0 Å². The van der Waals surface area contributed by atoms with Gasteiger partial charge in [0.25, 0.3) is 0 Å².